The van der Waals surface area contributed by atoms with E-state index >= 15 is 0 Å². The number of carbonyl (C=O) groups is 2. The zero-order valence-electron chi connectivity index (χ0n) is 13.2. The summed E-state index contributed by atoms with van der Waals surface area (Å²) in [6.07, 6.45) is 0. The van der Waals surface area contributed by atoms with E-state index in [0.29, 0.717) is 11.3 Å². The maximum absolute atomic E-state index is 13.0. The average Bonchev–Trinajstić information content (AvgIpc) is 2.60. The van der Waals surface area contributed by atoms with Crippen molar-refractivity contribution in [3.63, 3.8) is 0 Å². The van der Waals surface area contributed by atoms with Crippen LogP contribution in [-0.4, -0.2) is 36.0 Å². The first-order chi connectivity index (χ1) is 12.0. The number of rotatable bonds is 4. The van der Waals surface area contributed by atoms with Gasteiger partial charge >= 0.3 is 0 Å². The first-order valence-corrected chi connectivity index (χ1v) is 7.71. The molecule has 5 nitrogen and oxygen atoms in total. The standard InChI is InChI=1S/C18H16F2N2O3/c19-13-3-1-12(2-4-13)9-22-16(10-25-11-17(22)23)18(24)21-15-7-5-14(20)6-8-15/h1-8,16H,9-11H2,(H,21,24)/t16-/m0/s1. The van der Waals surface area contributed by atoms with Gasteiger partial charge in [-0.05, 0) is 42.0 Å². The van der Waals surface area contributed by atoms with E-state index in [-0.39, 0.29) is 31.5 Å². The largest absolute Gasteiger partial charge is 0.369 e. The Morgan fingerprint density at radius 3 is 2.32 bits per heavy atom. The highest BCUT2D eigenvalue weighted by Gasteiger charge is 2.34. The van der Waals surface area contributed by atoms with Crippen LogP contribution >= 0.6 is 0 Å². The van der Waals surface area contributed by atoms with Gasteiger partial charge in [0.25, 0.3) is 0 Å². The van der Waals surface area contributed by atoms with E-state index in [1.807, 2.05) is 0 Å². The maximum atomic E-state index is 13.0. The van der Waals surface area contributed by atoms with Crippen molar-refractivity contribution in [2.75, 3.05) is 18.5 Å². The van der Waals surface area contributed by atoms with Crippen molar-refractivity contribution in [3.05, 3.63) is 65.7 Å². The lowest BCUT2D eigenvalue weighted by Crippen LogP contribution is -2.54. The zero-order valence-corrected chi connectivity index (χ0v) is 13.2. The third-order valence-corrected chi connectivity index (χ3v) is 3.88. The molecule has 1 aliphatic rings. The summed E-state index contributed by atoms with van der Waals surface area (Å²) in [5.74, 6) is -1.54. The molecule has 0 spiro atoms. The molecule has 1 aliphatic heterocycles. The molecule has 1 fully saturated rings. The van der Waals surface area contributed by atoms with Crippen molar-refractivity contribution in [1.29, 1.82) is 0 Å². The van der Waals surface area contributed by atoms with Crippen molar-refractivity contribution in [2.45, 2.75) is 12.6 Å². The van der Waals surface area contributed by atoms with Gasteiger partial charge in [-0.25, -0.2) is 8.78 Å². The van der Waals surface area contributed by atoms with Gasteiger partial charge in [-0.2, -0.15) is 0 Å². The van der Waals surface area contributed by atoms with E-state index in [1.165, 1.54) is 41.3 Å². The molecule has 2 aromatic carbocycles. The van der Waals surface area contributed by atoms with Crippen LogP contribution < -0.4 is 5.32 Å². The fourth-order valence-electron chi connectivity index (χ4n) is 2.57. The monoisotopic (exact) mass is 346 g/mol. The van der Waals surface area contributed by atoms with E-state index in [0.717, 1.165) is 0 Å². The molecule has 1 atom stereocenters. The summed E-state index contributed by atoms with van der Waals surface area (Å²) in [5, 5.41) is 2.64. The summed E-state index contributed by atoms with van der Waals surface area (Å²) in [7, 11) is 0. The SMILES string of the molecule is O=C(Nc1ccc(F)cc1)[C@@H]1COCC(=O)N1Cc1ccc(F)cc1. The second kappa shape index (κ2) is 7.40. The van der Waals surface area contributed by atoms with Crippen molar-refractivity contribution in [1.82, 2.24) is 4.90 Å². The second-order valence-electron chi connectivity index (χ2n) is 5.68. The molecule has 1 heterocycles. The predicted octanol–water partition coefficient (Wildman–Crippen LogP) is 2.33. The van der Waals surface area contributed by atoms with Gasteiger partial charge in [0.2, 0.25) is 11.8 Å². The molecular formula is C18H16F2N2O3. The Balaban J connectivity index is 1.74. The molecule has 0 saturated carbocycles. The van der Waals surface area contributed by atoms with E-state index in [2.05, 4.69) is 5.32 Å². The number of ether oxygens (including phenoxy) is 1. The van der Waals surface area contributed by atoms with E-state index < -0.39 is 17.8 Å². The molecule has 25 heavy (non-hydrogen) atoms. The van der Waals surface area contributed by atoms with Crippen molar-refractivity contribution >= 4 is 17.5 Å². The maximum Gasteiger partial charge on any atom is 0.249 e. The molecule has 0 aromatic heterocycles. The number of benzene rings is 2. The molecule has 2 amide bonds. The minimum atomic E-state index is -0.823. The van der Waals surface area contributed by atoms with Crippen LogP contribution in [0, 0.1) is 11.6 Å². The summed E-state index contributed by atoms with van der Waals surface area (Å²) >= 11 is 0. The Morgan fingerprint density at radius 1 is 1.08 bits per heavy atom. The Labute approximate surface area is 143 Å². The van der Waals surface area contributed by atoms with Gasteiger partial charge in [-0.1, -0.05) is 12.1 Å². The lowest BCUT2D eigenvalue weighted by atomic mass is 10.1. The molecule has 1 saturated heterocycles. The first-order valence-electron chi connectivity index (χ1n) is 7.71. The summed E-state index contributed by atoms with van der Waals surface area (Å²) in [5.41, 5.74) is 1.13. The Bertz CT molecular complexity index is 763. The third kappa shape index (κ3) is 4.19. The molecule has 7 heteroatoms. The Morgan fingerprint density at radius 2 is 1.68 bits per heavy atom. The second-order valence-corrected chi connectivity index (χ2v) is 5.68. The number of nitrogens with one attached hydrogen (secondary N) is 1. The van der Waals surface area contributed by atoms with Crippen LogP contribution in [0.4, 0.5) is 14.5 Å². The number of carbonyl (C=O) groups excluding carboxylic acids is 2. The quantitative estimate of drug-likeness (QED) is 0.924. The highest BCUT2D eigenvalue weighted by molar-refractivity contribution is 5.97. The minimum Gasteiger partial charge on any atom is -0.369 e. The van der Waals surface area contributed by atoms with Gasteiger partial charge in [-0.3, -0.25) is 9.59 Å². The third-order valence-electron chi connectivity index (χ3n) is 3.88. The molecular weight excluding hydrogens is 330 g/mol. The molecule has 0 aliphatic carbocycles. The van der Waals surface area contributed by atoms with E-state index in [4.69, 9.17) is 4.74 Å². The molecule has 0 unspecified atom stereocenters. The summed E-state index contributed by atoms with van der Waals surface area (Å²) in [6, 6.07) is 10.2. The van der Waals surface area contributed by atoms with Crippen LogP contribution in [0.3, 0.4) is 0 Å². The van der Waals surface area contributed by atoms with Crippen LogP contribution in [0.2, 0.25) is 0 Å². The number of nitrogens with zero attached hydrogens (tertiary/aromatic N) is 1. The van der Waals surface area contributed by atoms with E-state index in [1.54, 1.807) is 12.1 Å². The molecule has 0 bridgehead atoms. The van der Waals surface area contributed by atoms with Crippen LogP contribution in [-0.2, 0) is 20.9 Å². The van der Waals surface area contributed by atoms with Crippen LogP contribution in [0.15, 0.2) is 48.5 Å². The summed E-state index contributed by atoms with van der Waals surface area (Å²) in [6.45, 7) is 0.117. The van der Waals surface area contributed by atoms with Crippen LogP contribution in [0.5, 0.6) is 0 Å². The van der Waals surface area contributed by atoms with Gasteiger partial charge in [-0.15, -0.1) is 0 Å². The first kappa shape index (κ1) is 17.0. The number of hydrogen-bond donors (Lipinski definition) is 1. The highest BCUT2D eigenvalue weighted by atomic mass is 19.1. The zero-order chi connectivity index (χ0) is 17.8. The predicted molar refractivity (Wildman–Crippen MR) is 86.6 cm³/mol. The number of amides is 2. The van der Waals surface area contributed by atoms with E-state index in [9.17, 15) is 18.4 Å². The molecule has 2 aromatic rings. The number of hydrogen-bond acceptors (Lipinski definition) is 3. The average molecular weight is 346 g/mol. The fraction of sp³-hybridized carbons (Fsp3) is 0.222. The van der Waals surface area contributed by atoms with Gasteiger partial charge in [0.05, 0.1) is 6.61 Å². The topological polar surface area (TPSA) is 58.6 Å². The van der Waals surface area contributed by atoms with Gasteiger partial charge < -0.3 is 15.0 Å². The Kier molecular flexibility index (Phi) is 5.04. The van der Waals surface area contributed by atoms with Crippen molar-refractivity contribution in [3.8, 4) is 0 Å². The molecule has 130 valence electrons. The highest BCUT2D eigenvalue weighted by Crippen LogP contribution is 2.17. The Hall–Kier alpha value is -2.80. The van der Waals surface area contributed by atoms with Gasteiger partial charge in [0.1, 0.15) is 24.3 Å². The summed E-state index contributed by atoms with van der Waals surface area (Å²) < 4.78 is 31.2. The van der Waals surface area contributed by atoms with Crippen LogP contribution in [0.1, 0.15) is 5.56 Å². The van der Waals surface area contributed by atoms with Crippen molar-refractivity contribution in [2.24, 2.45) is 0 Å². The molecule has 3 rings (SSSR count). The molecule has 0 radical (unpaired) electrons. The normalized spacial score (nSPS) is 17.4. The lowest BCUT2D eigenvalue weighted by molar-refractivity contribution is -0.154. The number of anilines is 1. The van der Waals surface area contributed by atoms with Crippen molar-refractivity contribution < 1.29 is 23.1 Å². The van der Waals surface area contributed by atoms with Gasteiger partial charge in [0.15, 0.2) is 0 Å². The number of morpholine rings is 1. The fourth-order valence-corrected chi connectivity index (χ4v) is 2.57. The molecule has 1 N–H and O–H groups in total. The van der Waals surface area contributed by atoms with Crippen LogP contribution in [0.25, 0.3) is 0 Å². The lowest BCUT2D eigenvalue weighted by Gasteiger charge is -2.34. The number of halogens is 2. The minimum absolute atomic E-state index is 0.0555. The van der Waals surface area contributed by atoms with Gasteiger partial charge in [0, 0.05) is 12.2 Å². The smallest absolute Gasteiger partial charge is 0.249 e. The summed E-state index contributed by atoms with van der Waals surface area (Å²) in [4.78, 5) is 26.1.